The molecule has 88 valence electrons. The van der Waals surface area contributed by atoms with Crippen molar-refractivity contribution in [3.8, 4) is 0 Å². The number of allylic oxidation sites excluding steroid dienone is 1. The van der Waals surface area contributed by atoms with E-state index in [1.807, 2.05) is 13.8 Å². The summed E-state index contributed by atoms with van der Waals surface area (Å²) < 4.78 is 0. The van der Waals surface area contributed by atoms with Gasteiger partial charge in [0.2, 0.25) is 0 Å². The molecule has 0 spiro atoms. The lowest BCUT2D eigenvalue weighted by atomic mass is 9.71. The smallest absolute Gasteiger partial charge is 0.00433 e. The molecule has 0 aromatic heterocycles. The van der Waals surface area contributed by atoms with Gasteiger partial charge < -0.3 is 0 Å². The number of thiol groups is 1. The molecule has 1 aliphatic carbocycles. The van der Waals surface area contributed by atoms with E-state index in [4.69, 9.17) is 0 Å². The van der Waals surface area contributed by atoms with Gasteiger partial charge in [0.1, 0.15) is 0 Å². The molecule has 0 unspecified atom stereocenters. The Morgan fingerprint density at radius 2 is 1.88 bits per heavy atom. The van der Waals surface area contributed by atoms with Crippen molar-refractivity contribution in [3.63, 3.8) is 0 Å². The Bertz CT molecular complexity index is 388. The van der Waals surface area contributed by atoms with Crippen LogP contribution < -0.4 is 0 Å². The van der Waals surface area contributed by atoms with Crippen molar-refractivity contribution >= 4 is 18.2 Å². The molecule has 0 amide bonds. The van der Waals surface area contributed by atoms with Gasteiger partial charge in [0.05, 0.1) is 0 Å². The first-order valence-corrected chi connectivity index (χ1v) is 6.47. The number of fused-ring (bicyclic) bond motifs is 1. The number of rotatable bonds is 0. The quantitative estimate of drug-likeness (QED) is 0.594. The van der Waals surface area contributed by atoms with Crippen LogP contribution in [0.25, 0.3) is 5.57 Å². The second-order valence-electron chi connectivity index (χ2n) is 4.72. The number of hydrogen-bond acceptors (Lipinski definition) is 1. The average molecular weight is 234 g/mol. The molecule has 0 nitrogen and oxygen atoms in total. The van der Waals surface area contributed by atoms with Crippen LogP contribution in [-0.4, -0.2) is 0 Å². The zero-order valence-electron chi connectivity index (χ0n) is 10.8. The standard InChI is InChI=1S/C13H16S.C2H6/c1-9-6-7-13(2,3)12-8-10(14)4-5-11(9)12;1-2/h4-5,8,14H,1,6-7H2,2-3H3;1-2H3. The maximum atomic E-state index is 4.40. The molecule has 16 heavy (non-hydrogen) atoms. The topological polar surface area (TPSA) is 0 Å². The number of benzene rings is 1. The summed E-state index contributed by atoms with van der Waals surface area (Å²) >= 11 is 4.40. The summed E-state index contributed by atoms with van der Waals surface area (Å²) in [5, 5.41) is 0. The van der Waals surface area contributed by atoms with Crippen LogP contribution in [0.4, 0.5) is 0 Å². The third-order valence-electron chi connectivity index (χ3n) is 3.16. The minimum absolute atomic E-state index is 0.273. The van der Waals surface area contributed by atoms with Gasteiger partial charge in [0.25, 0.3) is 0 Å². The van der Waals surface area contributed by atoms with Crippen LogP contribution >= 0.6 is 12.6 Å². The molecule has 0 atom stereocenters. The fourth-order valence-corrected chi connectivity index (χ4v) is 2.34. The van der Waals surface area contributed by atoms with E-state index in [-0.39, 0.29) is 5.41 Å². The van der Waals surface area contributed by atoms with E-state index in [2.05, 4.69) is 51.3 Å². The average Bonchev–Trinajstić information content (AvgIpc) is 2.27. The minimum atomic E-state index is 0.273. The van der Waals surface area contributed by atoms with Crippen LogP contribution in [0, 0.1) is 0 Å². The van der Waals surface area contributed by atoms with Gasteiger partial charge in [-0.25, -0.2) is 0 Å². The van der Waals surface area contributed by atoms with Gasteiger partial charge in [-0.1, -0.05) is 40.3 Å². The molecule has 0 saturated carbocycles. The zero-order valence-corrected chi connectivity index (χ0v) is 11.7. The largest absolute Gasteiger partial charge is 0.143 e. The summed E-state index contributed by atoms with van der Waals surface area (Å²) in [5.74, 6) is 0. The van der Waals surface area contributed by atoms with E-state index >= 15 is 0 Å². The van der Waals surface area contributed by atoms with Gasteiger partial charge in [-0.3, -0.25) is 0 Å². The molecule has 0 saturated heterocycles. The predicted molar refractivity (Wildman–Crippen MR) is 76.3 cm³/mol. The molecule has 1 heteroatoms. The van der Waals surface area contributed by atoms with Crippen LogP contribution in [-0.2, 0) is 5.41 Å². The number of hydrogen-bond donors (Lipinski definition) is 1. The van der Waals surface area contributed by atoms with Crippen LogP contribution in [0.3, 0.4) is 0 Å². The lowest BCUT2D eigenvalue weighted by Gasteiger charge is -2.33. The van der Waals surface area contributed by atoms with Crippen LogP contribution in [0.1, 0.15) is 51.7 Å². The highest BCUT2D eigenvalue weighted by Gasteiger charge is 2.28. The van der Waals surface area contributed by atoms with Gasteiger partial charge in [0.15, 0.2) is 0 Å². The molecule has 0 radical (unpaired) electrons. The molecule has 1 aromatic rings. The predicted octanol–water partition coefficient (Wildman–Crippen LogP) is 5.09. The second kappa shape index (κ2) is 5.09. The first-order chi connectivity index (χ1) is 7.50. The van der Waals surface area contributed by atoms with Crippen molar-refractivity contribution < 1.29 is 0 Å². The van der Waals surface area contributed by atoms with E-state index in [1.165, 1.54) is 23.1 Å². The van der Waals surface area contributed by atoms with Gasteiger partial charge in [-0.15, -0.1) is 12.6 Å². The van der Waals surface area contributed by atoms with Crippen molar-refractivity contribution in [1.82, 2.24) is 0 Å². The molecule has 0 fully saturated rings. The van der Waals surface area contributed by atoms with E-state index in [1.54, 1.807) is 0 Å². The summed E-state index contributed by atoms with van der Waals surface area (Å²) in [5.41, 5.74) is 4.28. The van der Waals surface area contributed by atoms with E-state index in [9.17, 15) is 0 Å². The molecule has 2 rings (SSSR count). The van der Waals surface area contributed by atoms with Crippen molar-refractivity contribution in [1.29, 1.82) is 0 Å². The SMILES string of the molecule is C=C1CCC(C)(C)c2cc(S)ccc21.CC. The highest BCUT2D eigenvalue weighted by molar-refractivity contribution is 7.80. The zero-order chi connectivity index (χ0) is 12.3. The highest BCUT2D eigenvalue weighted by Crippen LogP contribution is 2.41. The maximum absolute atomic E-state index is 4.40. The second-order valence-corrected chi connectivity index (χ2v) is 5.23. The Balaban J connectivity index is 0.000000606. The monoisotopic (exact) mass is 234 g/mol. The van der Waals surface area contributed by atoms with Crippen molar-refractivity contribution in [2.24, 2.45) is 0 Å². The molecular weight excluding hydrogens is 212 g/mol. The van der Waals surface area contributed by atoms with Crippen LogP contribution in [0.15, 0.2) is 29.7 Å². The molecule has 1 aromatic carbocycles. The molecule has 1 aliphatic rings. The van der Waals surface area contributed by atoms with Crippen molar-refractivity contribution in [2.45, 2.75) is 50.8 Å². The third-order valence-corrected chi connectivity index (χ3v) is 3.44. The molecule has 0 N–H and O–H groups in total. The van der Waals surface area contributed by atoms with Gasteiger partial charge in [-0.05, 0) is 47.1 Å². The van der Waals surface area contributed by atoms with E-state index in [0.29, 0.717) is 0 Å². The maximum Gasteiger partial charge on any atom is 0.00433 e. The summed E-state index contributed by atoms with van der Waals surface area (Å²) in [6.45, 7) is 12.7. The Kier molecular flexibility index (Phi) is 4.26. The lowest BCUT2D eigenvalue weighted by Crippen LogP contribution is -2.23. The van der Waals surface area contributed by atoms with Crippen LogP contribution in [0.2, 0.25) is 0 Å². The fraction of sp³-hybridized carbons (Fsp3) is 0.467. The summed E-state index contributed by atoms with van der Waals surface area (Å²) in [6.07, 6.45) is 2.31. The fourth-order valence-electron chi connectivity index (χ4n) is 2.13. The minimum Gasteiger partial charge on any atom is -0.143 e. The summed E-state index contributed by atoms with van der Waals surface area (Å²) in [4.78, 5) is 1.05. The van der Waals surface area contributed by atoms with Crippen molar-refractivity contribution in [3.05, 3.63) is 35.9 Å². The normalized spacial score (nSPS) is 17.2. The summed E-state index contributed by atoms with van der Waals surface area (Å²) in [7, 11) is 0. The Hall–Kier alpha value is -0.690. The summed E-state index contributed by atoms with van der Waals surface area (Å²) in [6, 6.07) is 6.39. The molecular formula is C15H22S. The Morgan fingerprint density at radius 1 is 1.25 bits per heavy atom. The highest BCUT2D eigenvalue weighted by atomic mass is 32.1. The van der Waals surface area contributed by atoms with Crippen molar-refractivity contribution in [2.75, 3.05) is 0 Å². The first kappa shape index (κ1) is 13.4. The molecule has 0 bridgehead atoms. The Morgan fingerprint density at radius 3 is 2.50 bits per heavy atom. The molecule has 0 heterocycles. The van der Waals surface area contributed by atoms with E-state index < -0.39 is 0 Å². The van der Waals surface area contributed by atoms with E-state index in [0.717, 1.165) is 11.3 Å². The van der Waals surface area contributed by atoms with Crippen LogP contribution in [0.5, 0.6) is 0 Å². The van der Waals surface area contributed by atoms with Gasteiger partial charge in [0, 0.05) is 4.90 Å². The lowest BCUT2D eigenvalue weighted by molar-refractivity contribution is 0.473. The Labute approximate surface area is 105 Å². The van der Waals surface area contributed by atoms with Gasteiger partial charge >= 0.3 is 0 Å². The third kappa shape index (κ3) is 2.52. The first-order valence-electron chi connectivity index (χ1n) is 6.02. The molecule has 0 aliphatic heterocycles. The van der Waals surface area contributed by atoms with Gasteiger partial charge in [-0.2, -0.15) is 0 Å².